The summed E-state index contributed by atoms with van der Waals surface area (Å²) in [7, 11) is 0. The minimum Gasteiger partial charge on any atom is -0.300 e. The smallest absolute Gasteiger partial charge is 0.264 e. The molecule has 0 spiro atoms. The second kappa shape index (κ2) is 6.86. The van der Waals surface area contributed by atoms with Crippen LogP contribution in [0.4, 0.5) is 5.69 Å². The molecule has 0 atom stereocenters. The van der Waals surface area contributed by atoms with Gasteiger partial charge in [-0.25, -0.2) is 4.99 Å². The third-order valence-electron chi connectivity index (χ3n) is 3.78. The van der Waals surface area contributed by atoms with E-state index in [9.17, 15) is 4.79 Å². The molecule has 1 saturated heterocycles. The summed E-state index contributed by atoms with van der Waals surface area (Å²) in [4.78, 5) is 17.4. The first-order valence-corrected chi connectivity index (χ1v) is 9.32. The number of halogens is 1. The lowest BCUT2D eigenvalue weighted by molar-refractivity contribution is -0.115. The molecule has 0 radical (unpaired) electrons. The van der Waals surface area contributed by atoms with Crippen LogP contribution in [0.3, 0.4) is 0 Å². The van der Waals surface area contributed by atoms with Crippen molar-refractivity contribution >= 4 is 61.3 Å². The van der Waals surface area contributed by atoms with Crippen molar-refractivity contribution in [2.75, 3.05) is 0 Å². The highest BCUT2D eigenvalue weighted by atomic mass is 79.9. The largest absolute Gasteiger partial charge is 0.300 e. The predicted octanol–water partition coefficient (Wildman–Crippen LogP) is 5.49. The quantitative estimate of drug-likeness (QED) is 0.569. The Kier molecular flexibility index (Phi) is 4.42. The lowest BCUT2D eigenvalue weighted by atomic mass is 10.1. The van der Waals surface area contributed by atoms with Gasteiger partial charge in [0.05, 0.1) is 10.6 Å². The number of amides is 1. The van der Waals surface area contributed by atoms with Gasteiger partial charge in [0.1, 0.15) is 0 Å². The van der Waals surface area contributed by atoms with E-state index in [4.69, 9.17) is 0 Å². The monoisotopic (exact) mass is 408 g/mol. The van der Waals surface area contributed by atoms with Gasteiger partial charge < -0.3 is 5.32 Å². The zero-order chi connectivity index (χ0) is 17.2. The van der Waals surface area contributed by atoms with Gasteiger partial charge in [-0.3, -0.25) is 4.79 Å². The van der Waals surface area contributed by atoms with E-state index in [1.54, 1.807) is 0 Å². The molecule has 1 fully saturated rings. The van der Waals surface area contributed by atoms with Crippen LogP contribution < -0.4 is 5.32 Å². The third kappa shape index (κ3) is 3.67. The number of aliphatic imine (C=N–C) groups is 1. The Morgan fingerprint density at radius 3 is 2.52 bits per heavy atom. The van der Waals surface area contributed by atoms with Crippen LogP contribution in [0.2, 0.25) is 0 Å². The van der Waals surface area contributed by atoms with Gasteiger partial charge in [0, 0.05) is 4.47 Å². The van der Waals surface area contributed by atoms with E-state index in [1.165, 1.54) is 17.1 Å². The molecule has 0 aromatic heterocycles. The fraction of sp³-hybridized carbons (Fsp3) is 0. The molecule has 0 aliphatic carbocycles. The van der Waals surface area contributed by atoms with Gasteiger partial charge in [0.2, 0.25) is 0 Å². The van der Waals surface area contributed by atoms with Crippen LogP contribution >= 0.6 is 27.7 Å². The molecular weight excluding hydrogens is 396 g/mol. The van der Waals surface area contributed by atoms with Crippen molar-refractivity contribution in [3.05, 3.63) is 81.7 Å². The first-order valence-electron chi connectivity index (χ1n) is 7.71. The van der Waals surface area contributed by atoms with Crippen LogP contribution in [-0.4, -0.2) is 11.1 Å². The Bertz CT molecular complexity index is 1030. The molecule has 1 aliphatic heterocycles. The van der Waals surface area contributed by atoms with E-state index in [-0.39, 0.29) is 5.91 Å². The molecule has 3 nitrogen and oxygen atoms in total. The van der Waals surface area contributed by atoms with Crippen molar-refractivity contribution < 1.29 is 4.79 Å². The average molecular weight is 409 g/mol. The average Bonchev–Trinajstić information content (AvgIpc) is 2.96. The molecule has 1 heterocycles. The number of benzene rings is 3. The van der Waals surface area contributed by atoms with E-state index in [0.29, 0.717) is 10.1 Å². The first kappa shape index (κ1) is 16.1. The van der Waals surface area contributed by atoms with Crippen LogP contribution in [0, 0.1) is 0 Å². The molecule has 3 aromatic rings. The lowest BCUT2D eigenvalue weighted by Gasteiger charge is -2.00. The summed E-state index contributed by atoms with van der Waals surface area (Å²) in [6.45, 7) is 0. The van der Waals surface area contributed by atoms with E-state index in [1.807, 2.05) is 60.7 Å². The minimum absolute atomic E-state index is 0.118. The molecule has 3 aromatic carbocycles. The Balaban J connectivity index is 1.60. The number of rotatable bonds is 2. The molecule has 1 N–H and O–H groups in total. The third-order valence-corrected chi connectivity index (χ3v) is 5.22. The molecule has 5 heteroatoms. The summed E-state index contributed by atoms with van der Waals surface area (Å²) in [6.07, 6.45) is 1.87. The maximum Gasteiger partial charge on any atom is 0.264 e. The van der Waals surface area contributed by atoms with Gasteiger partial charge in [-0.1, -0.05) is 58.4 Å². The Morgan fingerprint density at radius 1 is 0.960 bits per heavy atom. The van der Waals surface area contributed by atoms with Crippen molar-refractivity contribution in [1.29, 1.82) is 0 Å². The lowest BCUT2D eigenvalue weighted by Crippen LogP contribution is -2.19. The van der Waals surface area contributed by atoms with Crippen LogP contribution in [0.15, 0.2) is 81.1 Å². The van der Waals surface area contributed by atoms with Crippen molar-refractivity contribution in [3.63, 3.8) is 0 Å². The zero-order valence-electron chi connectivity index (χ0n) is 13.1. The number of carbonyl (C=O) groups is 1. The molecule has 1 aliphatic rings. The number of nitrogens with zero attached hydrogens (tertiary/aromatic N) is 1. The fourth-order valence-electron chi connectivity index (χ4n) is 2.55. The number of nitrogens with one attached hydrogen (secondary N) is 1. The van der Waals surface area contributed by atoms with E-state index in [2.05, 4.69) is 38.4 Å². The molecule has 0 saturated carbocycles. The summed E-state index contributed by atoms with van der Waals surface area (Å²) in [5.74, 6) is -0.118. The Hall–Kier alpha value is -2.37. The highest BCUT2D eigenvalue weighted by molar-refractivity contribution is 9.10. The van der Waals surface area contributed by atoms with Crippen LogP contribution in [0.5, 0.6) is 0 Å². The van der Waals surface area contributed by atoms with E-state index in [0.717, 1.165) is 21.1 Å². The molecule has 1 amide bonds. The maximum atomic E-state index is 12.2. The zero-order valence-corrected chi connectivity index (χ0v) is 15.5. The fourth-order valence-corrected chi connectivity index (χ4v) is 3.66. The van der Waals surface area contributed by atoms with Crippen molar-refractivity contribution in [2.24, 2.45) is 4.99 Å². The summed E-state index contributed by atoms with van der Waals surface area (Å²) in [5, 5.41) is 5.73. The highest BCUT2D eigenvalue weighted by Crippen LogP contribution is 2.29. The van der Waals surface area contributed by atoms with Crippen LogP contribution in [-0.2, 0) is 4.79 Å². The van der Waals surface area contributed by atoms with Gasteiger partial charge in [0.25, 0.3) is 5.91 Å². The summed E-state index contributed by atoms with van der Waals surface area (Å²) < 4.78 is 1.01. The predicted molar refractivity (Wildman–Crippen MR) is 109 cm³/mol. The number of fused-ring (bicyclic) bond motifs is 1. The maximum absolute atomic E-state index is 12.2. The second-order valence-electron chi connectivity index (χ2n) is 5.56. The summed E-state index contributed by atoms with van der Waals surface area (Å²) >= 11 is 4.77. The molecule has 0 bridgehead atoms. The topological polar surface area (TPSA) is 41.5 Å². The summed E-state index contributed by atoms with van der Waals surface area (Å²) in [6, 6.07) is 22.0. The Labute approximate surface area is 158 Å². The van der Waals surface area contributed by atoms with Crippen molar-refractivity contribution in [2.45, 2.75) is 0 Å². The van der Waals surface area contributed by atoms with Crippen molar-refractivity contribution in [1.82, 2.24) is 5.32 Å². The normalized spacial score (nSPS) is 17.4. The molecule has 25 heavy (non-hydrogen) atoms. The molecule has 122 valence electrons. The standard InChI is InChI=1S/C20H13BrN2OS/c21-16-8-5-13(6-9-16)11-18-19(24)23-20(25-18)22-17-10-7-14-3-1-2-4-15(14)12-17/h1-12H,(H,22,23,24). The van der Waals surface area contributed by atoms with Gasteiger partial charge in [0.15, 0.2) is 5.17 Å². The number of carbonyl (C=O) groups excluding carboxylic acids is 1. The van der Waals surface area contributed by atoms with Gasteiger partial charge in [-0.05, 0) is 58.4 Å². The van der Waals surface area contributed by atoms with Gasteiger partial charge in [-0.15, -0.1) is 0 Å². The number of thioether (sulfide) groups is 1. The van der Waals surface area contributed by atoms with Gasteiger partial charge in [-0.2, -0.15) is 0 Å². The SMILES string of the molecule is O=C1NC(=Nc2ccc3ccccc3c2)SC1=Cc1ccc(Br)cc1. The van der Waals surface area contributed by atoms with E-state index < -0.39 is 0 Å². The minimum atomic E-state index is -0.118. The van der Waals surface area contributed by atoms with E-state index >= 15 is 0 Å². The number of hydrogen-bond acceptors (Lipinski definition) is 3. The summed E-state index contributed by atoms with van der Waals surface area (Å²) in [5.41, 5.74) is 1.80. The van der Waals surface area contributed by atoms with Crippen molar-refractivity contribution in [3.8, 4) is 0 Å². The Morgan fingerprint density at radius 2 is 1.72 bits per heavy atom. The number of amidine groups is 1. The molecule has 4 rings (SSSR count). The van der Waals surface area contributed by atoms with Gasteiger partial charge >= 0.3 is 0 Å². The first-order chi connectivity index (χ1) is 12.2. The molecular formula is C20H13BrN2OS. The number of hydrogen-bond donors (Lipinski definition) is 1. The van der Waals surface area contributed by atoms with Crippen LogP contribution in [0.25, 0.3) is 16.8 Å². The molecule has 0 unspecified atom stereocenters. The highest BCUT2D eigenvalue weighted by Gasteiger charge is 2.23. The second-order valence-corrected chi connectivity index (χ2v) is 7.51. The van der Waals surface area contributed by atoms with Crippen LogP contribution in [0.1, 0.15) is 5.56 Å².